The highest BCUT2D eigenvalue weighted by molar-refractivity contribution is 5.78. The molecule has 1 aliphatic rings. The summed E-state index contributed by atoms with van der Waals surface area (Å²) in [5, 5.41) is 0. The van der Waals surface area contributed by atoms with Gasteiger partial charge in [-0.25, -0.2) is 4.79 Å². The number of benzene rings is 1. The molecule has 3 nitrogen and oxygen atoms in total. The molecule has 1 saturated carbocycles. The predicted octanol–water partition coefficient (Wildman–Crippen LogP) is 1.72. The van der Waals surface area contributed by atoms with Crippen LogP contribution in [0.1, 0.15) is 19.3 Å². The zero-order chi connectivity index (χ0) is 10.7. The van der Waals surface area contributed by atoms with Crippen molar-refractivity contribution in [2.75, 3.05) is 0 Å². The van der Waals surface area contributed by atoms with Crippen LogP contribution in [-0.2, 0) is 4.79 Å². The van der Waals surface area contributed by atoms with E-state index in [1.807, 2.05) is 18.2 Å². The van der Waals surface area contributed by atoms with Crippen molar-refractivity contribution in [2.45, 2.75) is 25.3 Å². The minimum Gasteiger partial charge on any atom is -0.425 e. The number of ether oxygens (including phenoxy) is 1. The van der Waals surface area contributed by atoms with Gasteiger partial charge in [0.1, 0.15) is 11.8 Å². The lowest BCUT2D eigenvalue weighted by Crippen LogP contribution is -2.43. The van der Waals surface area contributed by atoms with Crippen LogP contribution in [0.15, 0.2) is 30.3 Å². The van der Waals surface area contributed by atoms with Crippen LogP contribution in [0.2, 0.25) is 0 Å². The Bertz CT molecular complexity index is 333. The topological polar surface area (TPSA) is 52.3 Å². The third-order valence-corrected chi connectivity index (χ3v) is 2.89. The van der Waals surface area contributed by atoms with Crippen LogP contribution < -0.4 is 10.5 Å². The van der Waals surface area contributed by atoms with E-state index in [0.717, 1.165) is 12.8 Å². The van der Waals surface area contributed by atoms with E-state index >= 15 is 0 Å². The smallest absolute Gasteiger partial charge is 0.328 e. The monoisotopic (exact) mass is 205 g/mol. The highest BCUT2D eigenvalue weighted by Crippen LogP contribution is 2.29. The molecule has 3 heteroatoms. The van der Waals surface area contributed by atoms with Crippen molar-refractivity contribution in [1.29, 1.82) is 0 Å². The van der Waals surface area contributed by atoms with Gasteiger partial charge in [-0.3, -0.25) is 0 Å². The average molecular weight is 205 g/mol. The zero-order valence-electron chi connectivity index (χ0n) is 8.56. The largest absolute Gasteiger partial charge is 0.425 e. The van der Waals surface area contributed by atoms with Crippen LogP contribution in [-0.4, -0.2) is 12.0 Å². The Kier molecular flexibility index (Phi) is 3.02. The Hall–Kier alpha value is -1.35. The maximum atomic E-state index is 11.6. The molecule has 1 atom stereocenters. The molecule has 1 fully saturated rings. The van der Waals surface area contributed by atoms with Gasteiger partial charge < -0.3 is 10.5 Å². The van der Waals surface area contributed by atoms with Gasteiger partial charge in [0.05, 0.1) is 0 Å². The second-order valence-electron chi connectivity index (χ2n) is 3.95. The molecule has 0 heterocycles. The van der Waals surface area contributed by atoms with Crippen molar-refractivity contribution in [3.63, 3.8) is 0 Å². The van der Waals surface area contributed by atoms with E-state index in [9.17, 15) is 4.79 Å². The number of carbonyl (C=O) groups is 1. The Morgan fingerprint density at radius 2 is 2.00 bits per heavy atom. The summed E-state index contributed by atoms with van der Waals surface area (Å²) < 4.78 is 5.17. The summed E-state index contributed by atoms with van der Waals surface area (Å²) in [7, 11) is 0. The minimum atomic E-state index is -0.459. The van der Waals surface area contributed by atoms with E-state index in [-0.39, 0.29) is 5.97 Å². The number of carbonyl (C=O) groups excluding carboxylic acids is 1. The summed E-state index contributed by atoms with van der Waals surface area (Å²) in [5.74, 6) is 0.574. The Morgan fingerprint density at radius 1 is 1.33 bits per heavy atom. The standard InChI is InChI=1S/C12H15NO2/c13-11(9-5-4-6-9)12(14)15-10-7-2-1-3-8-10/h1-3,7-9,11H,4-6,13H2. The first-order valence-corrected chi connectivity index (χ1v) is 5.29. The van der Waals surface area contributed by atoms with Gasteiger partial charge in [0.25, 0.3) is 0 Å². The molecule has 0 saturated heterocycles. The van der Waals surface area contributed by atoms with Crippen molar-refractivity contribution in [2.24, 2.45) is 11.7 Å². The summed E-state index contributed by atoms with van der Waals surface area (Å²) in [6.45, 7) is 0. The number of hydrogen-bond donors (Lipinski definition) is 1. The maximum Gasteiger partial charge on any atom is 0.328 e. The maximum absolute atomic E-state index is 11.6. The van der Waals surface area contributed by atoms with Gasteiger partial charge in [0.15, 0.2) is 0 Å². The van der Waals surface area contributed by atoms with Crippen molar-refractivity contribution < 1.29 is 9.53 Å². The van der Waals surface area contributed by atoms with Gasteiger partial charge in [-0.2, -0.15) is 0 Å². The van der Waals surface area contributed by atoms with Crippen LogP contribution in [0.25, 0.3) is 0 Å². The number of hydrogen-bond acceptors (Lipinski definition) is 3. The van der Waals surface area contributed by atoms with Gasteiger partial charge in [0.2, 0.25) is 0 Å². The molecule has 0 amide bonds. The van der Waals surface area contributed by atoms with Crippen LogP contribution >= 0.6 is 0 Å². The van der Waals surface area contributed by atoms with Crippen LogP contribution in [0.3, 0.4) is 0 Å². The van der Waals surface area contributed by atoms with Gasteiger partial charge >= 0.3 is 5.97 Å². The molecule has 1 aromatic rings. The quantitative estimate of drug-likeness (QED) is 0.603. The molecule has 15 heavy (non-hydrogen) atoms. The van der Waals surface area contributed by atoms with Crippen molar-refractivity contribution in [1.82, 2.24) is 0 Å². The molecule has 2 rings (SSSR count). The first-order valence-electron chi connectivity index (χ1n) is 5.29. The summed E-state index contributed by atoms with van der Waals surface area (Å²) in [6.07, 6.45) is 3.27. The molecule has 0 radical (unpaired) electrons. The van der Waals surface area contributed by atoms with Gasteiger partial charge in [0, 0.05) is 0 Å². The Morgan fingerprint density at radius 3 is 2.53 bits per heavy atom. The third-order valence-electron chi connectivity index (χ3n) is 2.89. The highest BCUT2D eigenvalue weighted by Gasteiger charge is 2.30. The predicted molar refractivity (Wildman–Crippen MR) is 57.4 cm³/mol. The molecular formula is C12H15NO2. The highest BCUT2D eigenvalue weighted by atomic mass is 16.5. The lowest BCUT2D eigenvalue weighted by atomic mass is 9.80. The number of esters is 1. The van der Waals surface area contributed by atoms with Crippen molar-refractivity contribution >= 4 is 5.97 Å². The minimum absolute atomic E-state index is 0.314. The molecule has 0 aromatic heterocycles. The molecule has 1 unspecified atom stereocenters. The SMILES string of the molecule is NC(C(=O)Oc1ccccc1)C1CCC1. The first-order chi connectivity index (χ1) is 7.27. The lowest BCUT2D eigenvalue weighted by Gasteiger charge is -2.29. The second-order valence-corrected chi connectivity index (χ2v) is 3.95. The molecule has 1 aliphatic carbocycles. The molecule has 0 bridgehead atoms. The van der Waals surface area contributed by atoms with Crippen LogP contribution in [0.4, 0.5) is 0 Å². The van der Waals surface area contributed by atoms with Crippen molar-refractivity contribution in [3.05, 3.63) is 30.3 Å². The molecule has 0 aliphatic heterocycles. The number of nitrogens with two attached hydrogens (primary N) is 1. The molecule has 80 valence electrons. The Balaban J connectivity index is 1.91. The summed E-state index contributed by atoms with van der Waals surface area (Å²) in [6, 6.07) is 8.59. The van der Waals surface area contributed by atoms with Crippen LogP contribution in [0, 0.1) is 5.92 Å². The van der Waals surface area contributed by atoms with E-state index in [0.29, 0.717) is 11.7 Å². The van der Waals surface area contributed by atoms with Gasteiger partial charge in [-0.1, -0.05) is 24.6 Å². The van der Waals surface area contributed by atoms with E-state index in [2.05, 4.69) is 0 Å². The van der Waals surface area contributed by atoms with Gasteiger partial charge in [-0.15, -0.1) is 0 Å². The molecule has 1 aromatic carbocycles. The fourth-order valence-corrected chi connectivity index (χ4v) is 1.66. The number of rotatable bonds is 3. The fourth-order valence-electron chi connectivity index (χ4n) is 1.66. The number of para-hydroxylation sites is 1. The first kappa shape index (κ1) is 10.2. The van der Waals surface area contributed by atoms with E-state index in [1.54, 1.807) is 12.1 Å². The third kappa shape index (κ3) is 2.36. The zero-order valence-corrected chi connectivity index (χ0v) is 8.56. The molecule has 0 spiro atoms. The lowest BCUT2D eigenvalue weighted by molar-refractivity contribution is -0.137. The Labute approximate surface area is 89.2 Å². The van der Waals surface area contributed by atoms with Crippen molar-refractivity contribution in [3.8, 4) is 5.75 Å². The normalized spacial score (nSPS) is 17.9. The average Bonchev–Trinajstić information content (AvgIpc) is 2.16. The van der Waals surface area contributed by atoms with E-state index in [1.165, 1.54) is 6.42 Å². The fraction of sp³-hybridized carbons (Fsp3) is 0.417. The van der Waals surface area contributed by atoms with Gasteiger partial charge in [-0.05, 0) is 30.9 Å². The van der Waals surface area contributed by atoms with Crippen LogP contribution in [0.5, 0.6) is 5.75 Å². The van der Waals surface area contributed by atoms with E-state index in [4.69, 9.17) is 10.5 Å². The second kappa shape index (κ2) is 4.45. The molecule has 2 N–H and O–H groups in total. The summed E-state index contributed by atoms with van der Waals surface area (Å²) in [4.78, 5) is 11.6. The summed E-state index contributed by atoms with van der Waals surface area (Å²) >= 11 is 0. The summed E-state index contributed by atoms with van der Waals surface area (Å²) in [5.41, 5.74) is 5.80. The van der Waals surface area contributed by atoms with E-state index < -0.39 is 6.04 Å². The molecular weight excluding hydrogens is 190 g/mol.